The summed E-state index contributed by atoms with van der Waals surface area (Å²) in [6, 6.07) is 26.2. The van der Waals surface area contributed by atoms with E-state index in [-0.39, 0.29) is 0 Å². The largest absolute Gasteiger partial charge is 0.279 e. The number of para-hydroxylation sites is 1. The summed E-state index contributed by atoms with van der Waals surface area (Å²) < 4.78 is 0. The third-order valence-corrected chi connectivity index (χ3v) is 4.95. The first-order valence-electron chi connectivity index (χ1n) is 10.8. The second kappa shape index (κ2) is 11.4. The van der Waals surface area contributed by atoms with Gasteiger partial charge in [0.05, 0.1) is 11.4 Å². The van der Waals surface area contributed by atoms with Crippen LogP contribution in [0, 0.1) is 0 Å². The number of nitrogens with zero attached hydrogens (tertiary/aromatic N) is 3. The van der Waals surface area contributed by atoms with Gasteiger partial charge in [-0.25, -0.2) is 9.98 Å². The van der Waals surface area contributed by atoms with Crippen molar-refractivity contribution in [3.63, 3.8) is 0 Å². The van der Waals surface area contributed by atoms with Gasteiger partial charge in [0, 0.05) is 11.3 Å². The van der Waals surface area contributed by atoms with Crippen LogP contribution in [0.25, 0.3) is 11.3 Å². The molecule has 0 radical (unpaired) electrons. The average molecular weight is 420 g/mol. The van der Waals surface area contributed by atoms with Gasteiger partial charge in [-0.2, -0.15) is 0 Å². The first-order valence-corrected chi connectivity index (χ1v) is 10.8. The molecule has 0 N–H and O–H groups in total. The molecule has 0 amide bonds. The number of amidine groups is 1. The molecule has 3 aromatic rings. The van der Waals surface area contributed by atoms with E-state index in [0.717, 1.165) is 34.8 Å². The third-order valence-electron chi connectivity index (χ3n) is 4.95. The van der Waals surface area contributed by atoms with Crippen LogP contribution in [0.1, 0.15) is 20.3 Å². The standard InChI is InChI=1S/C29H29N3/c1-5-8-16-24(6-2)23(4)30-28(7-3)32(26-19-13-10-14-20-26)29-22-15-21-27(31-29)25-17-11-9-12-18-25/h5,7-22H,3-4,6H2,1-2H3/b8-5-,24-16?,30-28?. The molecule has 0 saturated heterocycles. The Morgan fingerprint density at radius 3 is 2.28 bits per heavy atom. The lowest BCUT2D eigenvalue weighted by molar-refractivity contribution is 1.09. The first kappa shape index (κ1) is 22.7. The van der Waals surface area contributed by atoms with Crippen molar-refractivity contribution in [2.75, 3.05) is 4.90 Å². The number of pyridine rings is 1. The molecule has 1 heterocycles. The Labute approximate surface area is 191 Å². The van der Waals surface area contributed by atoms with Crippen LogP contribution >= 0.6 is 0 Å². The highest BCUT2D eigenvalue weighted by Gasteiger charge is 2.17. The van der Waals surface area contributed by atoms with Crippen LogP contribution in [0.3, 0.4) is 0 Å². The second-order valence-corrected chi connectivity index (χ2v) is 7.11. The van der Waals surface area contributed by atoms with Crippen LogP contribution in [0.5, 0.6) is 0 Å². The third kappa shape index (κ3) is 5.58. The van der Waals surface area contributed by atoms with E-state index in [1.165, 1.54) is 0 Å². The van der Waals surface area contributed by atoms with Crippen molar-refractivity contribution in [2.45, 2.75) is 20.3 Å². The summed E-state index contributed by atoms with van der Waals surface area (Å²) in [5, 5.41) is 0. The molecular weight excluding hydrogens is 390 g/mol. The van der Waals surface area contributed by atoms with E-state index in [1.807, 2.05) is 96.8 Å². The zero-order valence-electron chi connectivity index (χ0n) is 18.8. The Bertz CT molecular complexity index is 1140. The molecule has 0 fully saturated rings. The van der Waals surface area contributed by atoms with Crippen LogP contribution in [0.2, 0.25) is 0 Å². The minimum Gasteiger partial charge on any atom is -0.279 e. The molecule has 0 aliphatic carbocycles. The fraction of sp³-hybridized carbons (Fsp3) is 0.103. The predicted molar refractivity (Wildman–Crippen MR) is 138 cm³/mol. The van der Waals surface area contributed by atoms with Crippen molar-refractivity contribution in [3.05, 3.63) is 128 Å². The summed E-state index contributed by atoms with van der Waals surface area (Å²) in [4.78, 5) is 11.8. The van der Waals surface area contributed by atoms with E-state index < -0.39 is 0 Å². The van der Waals surface area contributed by atoms with Gasteiger partial charge in [0.25, 0.3) is 0 Å². The highest BCUT2D eigenvalue weighted by Crippen LogP contribution is 2.28. The zero-order valence-corrected chi connectivity index (χ0v) is 18.8. The van der Waals surface area contributed by atoms with Crippen molar-refractivity contribution in [2.24, 2.45) is 4.99 Å². The lowest BCUT2D eigenvalue weighted by atomic mass is 10.1. The summed E-state index contributed by atoms with van der Waals surface area (Å²) in [5.74, 6) is 1.43. The molecule has 3 rings (SSSR count). The van der Waals surface area contributed by atoms with E-state index >= 15 is 0 Å². The molecule has 0 unspecified atom stereocenters. The molecule has 32 heavy (non-hydrogen) atoms. The number of hydrogen-bond donors (Lipinski definition) is 0. The van der Waals surface area contributed by atoms with E-state index in [1.54, 1.807) is 6.08 Å². The quantitative estimate of drug-likeness (QED) is 0.211. The number of anilines is 2. The maximum absolute atomic E-state index is 4.95. The summed E-state index contributed by atoms with van der Waals surface area (Å²) in [5.41, 5.74) is 4.69. The van der Waals surface area contributed by atoms with E-state index in [4.69, 9.17) is 9.98 Å². The summed E-state index contributed by atoms with van der Waals surface area (Å²) in [6.07, 6.45) is 8.64. The Morgan fingerprint density at radius 1 is 0.969 bits per heavy atom. The smallest absolute Gasteiger partial charge is 0.139 e. The van der Waals surface area contributed by atoms with Crippen molar-refractivity contribution in [3.8, 4) is 11.3 Å². The molecule has 0 saturated carbocycles. The fourth-order valence-corrected chi connectivity index (χ4v) is 3.30. The number of aromatic nitrogens is 1. The minimum absolute atomic E-state index is 0.665. The molecule has 0 atom stereocenters. The van der Waals surface area contributed by atoms with Gasteiger partial charge in [0.2, 0.25) is 0 Å². The molecular formula is C29H29N3. The molecule has 1 aromatic heterocycles. The van der Waals surface area contributed by atoms with Crippen molar-refractivity contribution in [1.82, 2.24) is 4.98 Å². The van der Waals surface area contributed by atoms with Crippen molar-refractivity contribution in [1.29, 1.82) is 0 Å². The molecule has 0 spiro atoms. The lowest BCUT2D eigenvalue weighted by Crippen LogP contribution is -2.25. The fourth-order valence-electron chi connectivity index (χ4n) is 3.30. The molecule has 0 aliphatic rings. The number of aliphatic imine (C=N–C) groups is 1. The van der Waals surface area contributed by atoms with Crippen LogP contribution in [0.4, 0.5) is 11.5 Å². The molecule has 3 nitrogen and oxygen atoms in total. The minimum atomic E-state index is 0.665. The number of allylic oxidation sites excluding steroid dienone is 4. The highest BCUT2D eigenvalue weighted by atomic mass is 15.2. The van der Waals surface area contributed by atoms with Gasteiger partial charge >= 0.3 is 0 Å². The summed E-state index contributed by atoms with van der Waals surface area (Å²) in [7, 11) is 0. The Hall–Kier alpha value is -3.98. The zero-order chi connectivity index (χ0) is 22.8. The maximum atomic E-state index is 4.95. The van der Waals surface area contributed by atoms with E-state index in [9.17, 15) is 0 Å². The SMILES string of the molecule is C=CC(=NC(=C)C(=C/C=C\C)CC)N(c1ccccc1)c1cccc(-c2ccccc2)n1. The number of hydrogen-bond acceptors (Lipinski definition) is 2. The Morgan fingerprint density at radius 2 is 1.66 bits per heavy atom. The Balaban J connectivity index is 2.11. The first-order chi connectivity index (χ1) is 15.7. The van der Waals surface area contributed by atoms with Crippen LogP contribution in [-0.2, 0) is 0 Å². The second-order valence-electron chi connectivity index (χ2n) is 7.11. The molecule has 160 valence electrons. The molecule has 0 bridgehead atoms. The van der Waals surface area contributed by atoms with E-state index in [2.05, 4.69) is 32.2 Å². The number of benzene rings is 2. The van der Waals surface area contributed by atoms with Crippen LogP contribution < -0.4 is 4.90 Å². The van der Waals surface area contributed by atoms with Gasteiger partial charge < -0.3 is 0 Å². The van der Waals surface area contributed by atoms with Gasteiger partial charge in [0.15, 0.2) is 0 Å². The highest BCUT2D eigenvalue weighted by molar-refractivity contribution is 6.10. The lowest BCUT2D eigenvalue weighted by Gasteiger charge is -2.24. The molecule has 0 aliphatic heterocycles. The maximum Gasteiger partial charge on any atom is 0.139 e. The van der Waals surface area contributed by atoms with Gasteiger partial charge in [-0.15, -0.1) is 0 Å². The number of rotatable bonds is 8. The van der Waals surface area contributed by atoms with E-state index in [0.29, 0.717) is 11.5 Å². The Kier molecular flexibility index (Phi) is 8.10. The topological polar surface area (TPSA) is 28.5 Å². The van der Waals surface area contributed by atoms with Crippen LogP contribution in [-0.4, -0.2) is 10.8 Å². The normalized spacial score (nSPS) is 12.1. The predicted octanol–water partition coefficient (Wildman–Crippen LogP) is 7.90. The summed E-state index contributed by atoms with van der Waals surface area (Å²) in [6.45, 7) is 12.4. The van der Waals surface area contributed by atoms with Gasteiger partial charge in [0.1, 0.15) is 11.7 Å². The van der Waals surface area contributed by atoms with Gasteiger partial charge in [-0.05, 0) is 49.3 Å². The molecule has 2 aromatic carbocycles. The van der Waals surface area contributed by atoms with Crippen molar-refractivity contribution < 1.29 is 0 Å². The van der Waals surface area contributed by atoms with Crippen LogP contribution in [0.15, 0.2) is 133 Å². The van der Waals surface area contributed by atoms with Crippen molar-refractivity contribution >= 4 is 17.3 Å². The molecule has 3 heteroatoms. The van der Waals surface area contributed by atoms with Gasteiger partial charge in [-0.3, -0.25) is 4.90 Å². The monoisotopic (exact) mass is 419 g/mol. The summed E-state index contributed by atoms with van der Waals surface area (Å²) >= 11 is 0. The average Bonchev–Trinajstić information content (AvgIpc) is 2.85. The van der Waals surface area contributed by atoms with Gasteiger partial charge in [-0.1, -0.05) is 92.9 Å².